The molecule has 2 amide bonds. The zero-order valence-corrected chi connectivity index (χ0v) is 19.0. The molecule has 0 radical (unpaired) electrons. The quantitative estimate of drug-likeness (QED) is 0.428. The Hall–Kier alpha value is -2.20. The van der Waals surface area contributed by atoms with Gasteiger partial charge in [0.1, 0.15) is 5.75 Å². The standard InChI is InChI=1S/C20H22IN3O3S/c1-20(2,3)24-18(26)12-6-5-7-14(10-12)22-19(28)23-17(25)13-8-9-16(27-4)15(21)11-13/h5-11H,1-4H3,(H,24,26)(H2,22,23,25,28). The minimum atomic E-state index is -0.334. The Bertz CT molecular complexity index is 910. The van der Waals surface area contributed by atoms with Crippen molar-refractivity contribution in [2.75, 3.05) is 12.4 Å². The van der Waals surface area contributed by atoms with E-state index in [1.165, 1.54) is 0 Å². The first kappa shape index (κ1) is 22.1. The van der Waals surface area contributed by atoms with Crippen LogP contribution in [-0.4, -0.2) is 29.6 Å². The number of ether oxygens (including phenoxy) is 1. The molecule has 0 heterocycles. The molecule has 0 aliphatic rings. The monoisotopic (exact) mass is 511 g/mol. The van der Waals surface area contributed by atoms with Crippen LogP contribution in [0.25, 0.3) is 0 Å². The molecule has 0 aliphatic carbocycles. The van der Waals surface area contributed by atoms with Crippen LogP contribution in [0.2, 0.25) is 0 Å². The summed E-state index contributed by atoms with van der Waals surface area (Å²) in [5, 5.41) is 8.61. The van der Waals surface area contributed by atoms with E-state index in [0.717, 1.165) is 3.57 Å². The van der Waals surface area contributed by atoms with Crippen LogP contribution < -0.4 is 20.7 Å². The fraction of sp³-hybridized carbons (Fsp3) is 0.250. The Morgan fingerprint density at radius 3 is 2.32 bits per heavy atom. The maximum Gasteiger partial charge on any atom is 0.257 e. The number of carbonyl (C=O) groups is 2. The van der Waals surface area contributed by atoms with Gasteiger partial charge in [0.2, 0.25) is 0 Å². The normalized spacial score (nSPS) is 10.8. The average Bonchev–Trinajstić information content (AvgIpc) is 2.60. The van der Waals surface area contributed by atoms with Crippen LogP contribution >= 0.6 is 34.8 Å². The molecule has 0 spiro atoms. The Morgan fingerprint density at radius 1 is 1.04 bits per heavy atom. The van der Waals surface area contributed by atoms with Gasteiger partial charge in [-0.1, -0.05) is 6.07 Å². The molecule has 0 aromatic heterocycles. The molecule has 8 heteroatoms. The number of rotatable bonds is 4. The van der Waals surface area contributed by atoms with Crippen molar-refractivity contribution in [2.45, 2.75) is 26.3 Å². The van der Waals surface area contributed by atoms with Crippen LogP contribution in [-0.2, 0) is 0 Å². The van der Waals surface area contributed by atoms with Crippen molar-refractivity contribution < 1.29 is 14.3 Å². The summed E-state index contributed by atoms with van der Waals surface area (Å²) >= 11 is 7.32. The summed E-state index contributed by atoms with van der Waals surface area (Å²) in [5.74, 6) is 0.182. The lowest BCUT2D eigenvalue weighted by atomic mass is 10.1. The third-order valence-corrected chi connectivity index (χ3v) is 4.56. The second kappa shape index (κ2) is 9.33. The summed E-state index contributed by atoms with van der Waals surface area (Å²) in [4.78, 5) is 24.7. The number of benzene rings is 2. The third kappa shape index (κ3) is 6.45. The van der Waals surface area contributed by atoms with E-state index < -0.39 is 0 Å². The molecule has 2 rings (SSSR count). The molecule has 0 fully saturated rings. The van der Waals surface area contributed by atoms with E-state index in [1.54, 1.807) is 49.6 Å². The molecule has 28 heavy (non-hydrogen) atoms. The Kier molecular flexibility index (Phi) is 7.36. The molecule has 0 bridgehead atoms. The summed E-state index contributed by atoms with van der Waals surface area (Å²) in [6.45, 7) is 5.74. The second-order valence-electron chi connectivity index (χ2n) is 7.04. The summed E-state index contributed by atoms with van der Waals surface area (Å²) in [6, 6.07) is 12.0. The van der Waals surface area contributed by atoms with Gasteiger partial charge in [0.25, 0.3) is 11.8 Å². The van der Waals surface area contributed by atoms with Crippen LogP contribution in [0.4, 0.5) is 5.69 Å². The predicted octanol–water partition coefficient (Wildman–Crippen LogP) is 3.95. The van der Waals surface area contributed by atoms with Crippen LogP contribution in [0.15, 0.2) is 42.5 Å². The van der Waals surface area contributed by atoms with E-state index in [0.29, 0.717) is 22.6 Å². The predicted molar refractivity (Wildman–Crippen MR) is 123 cm³/mol. The van der Waals surface area contributed by atoms with Gasteiger partial charge in [0, 0.05) is 22.4 Å². The first-order valence-electron chi connectivity index (χ1n) is 8.47. The van der Waals surface area contributed by atoms with Gasteiger partial charge < -0.3 is 15.4 Å². The van der Waals surface area contributed by atoms with Crippen molar-refractivity contribution in [2.24, 2.45) is 0 Å². The van der Waals surface area contributed by atoms with E-state index in [-0.39, 0.29) is 22.5 Å². The van der Waals surface area contributed by atoms with Crippen LogP contribution in [0.1, 0.15) is 41.5 Å². The van der Waals surface area contributed by atoms with Gasteiger partial charge in [-0.05, 0) is 92.0 Å². The van der Waals surface area contributed by atoms with Gasteiger partial charge in [0.05, 0.1) is 10.7 Å². The Labute approximate surface area is 183 Å². The van der Waals surface area contributed by atoms with E-state index in [1.807, 2.05) is 20.8 Å². The van der Waals surface area contributed by atoms with Crippen LogP contribution in [0.5, 0.6) is 5.75 Å². The number of methoxy groups -OCH3 is 1. The van der Waals surface area contributed by atoms with Gasteiger partial charge in [-0.15, -0.1) is 0 Å². The highest BCUT2D eigenvalue weighted by atomic mass is 127. The van der Waals surface area contributed by atoms with Crippen molar-refractivity contribution in [1.29, 1.82) is 0 Å². The third-order valence-electron chi connectivity index (χ3n) is 3.51. The lowest BCUT2D eigenvalue weighted by molar-refractivity contribution is 0.0918. The number of carbonyl (C=O) groups excluding carboxylic acids is 2. The number of amides is 2. The minimum absolute atomic E-state index is 0.143. The summed E-state index contributed by atoms with van der Waals surface area (Å²) in [7, 11) is 1.58. The average molecular weight is 511 g/mol. The fourth-order valence-electron chi connectivity index (χ4n) is 2.30. The van der Waals surface area contributed by atoms with Crippen molar-refractivity contribution in [3.63, 3.8) is 0 Å². The van der Waals surface area contributed by atoms with E-state index in [4.69, 9.17) is 17.0 Å². The maximum atomic E-state index is 12.4. The molecule has 2 aromatic carbocycles. The number of hydrogen-bond acceptors (Lipinski definition) is 4. The zero-order chi connectivity index (χ0) is 20.9. The van der Waals surface area contributed by atoms with Crippen molar-refractivity contribution in [3.05, 3.63) is 57.2 Å². The molecular formula is C20H22IN3O3S. The SMILES string of the molecule is COc1ccc(C(=O)NC(=S)Nc2cccc(C(=O)NC(C)(C)C)c2)cc1I. The first-order chi connectivity index (χ1) is 13.1. The largest absolute Gasteiger partial charge is 0.496 e. The molecule has 0 saturated heterocycles. The maximum absolute atomic E-state index is 12.4. The fourth-order valence-corrected chi connectivity index (χ4v) is 3.24. The second-order valence-corrected chi connectivity index (χ2v) is 8.61. The van der Waals surface area contributed by atoms with Crippen LogP contribution in [0, 0.1) is 3.57 Å². The molecule has 6 nitrogen and oxygen atoms in total. The molecule has 3 N–H and O–H groups in total. The van der Waals surface area contributed by atoms with Crippen molar-refractivity contribution in [3.8, 4) is 5.75 Å². The highest BCUT2D eigenvalue weighted by Gasteiger charge is 2.16. The molecule has 0 aliphatic heterocycles. The molecule has 0 atom stereocenters. The van der Waals surface area contributed by atoms with Gasteiger partial charge in [-0.3, -0.25) is 14.9 Å². The summed E-state index contributed by atoms with van der Waals surface area (Å²) in [5.41, 5.74) is 1.24. The molecular weight excluding hydrogens is 489 g/mol. The smallest absolute Gasteiger partial charge is 0.257 e. The van der Waals surface area contributed by atoms with Crippen molar-refractivity contribution in [1.82, 2.24) is 10.6 Å². The summed E-state index contributed by atoms with van der Waals surface area (Å²) in [6.07, 6.45) is 0. The number of halogens is 1. The van der Waals surface area contributed by atoms with Gasteiger partial charge in [-0.25, -0.2) is 0 Å². The highest BCUT2D eigenvalue weighted by molar-refractivity contribution is 14.1. The minimum Gasteiger partial charge on any atom is -0.496 e. The zero-order valence-electron chi connectivity index (χ0n) is 16.1. The van der Waals surface area contributed by atoms with Crippen LogP contribution in [0.3, 0.4) is 0 Å². The molecule has 2 aromatic rings. The molecule has 148 valence electrons. The van der Waals surface area contributed by atoms with E-state index in [2.05, 4.69) is 38.5 Å². The van der Waals surface area contributed by atoms with Gasteiger partial charge in [-0.2, -0.15) is 0 Å². The number of hydrogen-bond donors (Lipinski definition) is 3. The number of thiocarbonyl (C=S) groups is 1. The number of nitrogens with one attached hydrogen (secondary N) is 3. The Morgan fingerprint density at radius 2 is 1.71 bits per heavy atom. The molecule has 0 saturated carbocycles. The topological polar surface area (TPSA) is 79.5 Å². The lowest BCUT2D eigenvalue weighted by Crippen LogP contribution is -2.40. The first-order valence-corrected chi connectivity index (χ1v) is 9.96. The van der Waals surface area contributed by atoms with Gasteiger partial charge >= 0.3 is 0 Å². The molecule has 0 unspecified atom stereocenters. The van der Waals surface area contributed by atoms with E-state index in [9.17, 15) is 9.59 Å². The summed E-state index contributed by atoms with van der Waals surface area (Å²) < 4.78 is 6.01. The van der Waals surface area contributed by atoms with Crippen molar-refractivity contribution >= 4 is 57.4 Å². The highest BCUT2D eigenvalue weighted by Crippen LogP contribution is 2.21. The lowest BCUT2D eigenvalue weighted by Gasteiger charge is -2.20. The number of anilines is 1. The Balaban J connectivity index is 2.03. The van der Waals surface area contributed by atoms with Gasteiger partial charge in [0.15, 0.2) is 5.11 Å². The van der Waals surface area contributed by atoms with E-state index >= 15 is 0 Å².